The molecule has 0 bridgehead atoms. The van der Waals surface area contributed by atoms with Crippen molar-refractivity contribution in [1.29, 1.82) is 5.26 Å². The first-order chi connectivity index (χ1) is 15.5. The molecular formula is C25H21FN4O2. The molecule has 6 nitrogen and oxygen atoms in total. The van der Waals surface area contributed by atoms with Crippen LogP contribution >= 0.6 is 0 Å². The number of amides is 1. The molecule has 2 heterocycles. The van der Waals surface area contributed by atoms with Gasteiger partial charge in [0, 0.05) is 24.5 Å². The number of terminal acetylenes is 1. The van der Waals surface area contributed by atoms with Crippen molar-refractivity contribution in [2.24, 2.45) is 0 Å². The third-order valence-corrected chi connectivity index (χ3v) is 5.79. The maximum absolute atomic E-state index is 13.3. The van der Waals surface area contributed by atoms with Crippen molar-refractivity contribution >= 4 is 22.5 Å². The minimum absolute atomic E-state index is 0.000297. The van der Waals surface area contributed by atoms with Gasteiger partial charge in [0.1, 0.15) is 17.4 Å². The Morgan fingerprint density at radius 3 is 2.50 bits per heavy atom. The number of para-hydroxylation sites is 1. The molecule has 0 unspecified atom stereocenters. The number of benzene rings is 2. The second-order valence-electron chi connectivity index (χ2n) is 7.75. The van der Waals surface area contributed by atoms with Crippen molar-refractivity contribution in [3.63, 3.8) is 0 Å². The standard InChI is InChI=1S/C25H21FN4O2/c1-2-23(31)29-13-11-19(12-14-29)28-24-20-5-3-4-6-22(20)30(25(32)21(24)15-27)16-17-7-9-18(26)10-8-17/h1,3-10,19,28H,11-14,16H2. The van der Waals surface area contributed by atoms with E-state index in [4.69, 9.17) is 6.42 Å². The number of rotatable bonds is 4. The highest BCUT2D eigenvalue weighted by Crippen LogP contribution is 2.28. The van der Waals surface area contributed by atoms with Gasteiger partial charge in [-0.15, -0.1) is 6.42 Å². The zero-order valence-electron chi connectivity index (χ0n) is 17.3. The Kier molecular flexibility index (Phi) is 5.91. The zero-order valence-corrected chi connectivity index (χ0v) is 17.3. The van der Waals surface area contributed by atoms with Gasteiger partial charge in [-0.2, -0.15) is 5.26 Å². The third kappa shape index (κ3) is 4.06. The Labute approximate surface area is 184 Å². The van der Waals surface area contributed by atoms with Crippen molar-refractivity contribution < 1.29 is 9.18 Å². The van der Waals surface area contributed by atoms with E-state index in [0.717, 1.165) is 10.9 Å². The second-order valence-corrected chi connectivity index (χ2v) is 7.75. The molecule has 1 fully saturated rings. The fourth-order valence-electron chi connectivity index (χ4n) is 4.11. The molecule has 1 N–H and O–H groups in total. The molecule has 32 heavy (non-hydrogen) atoms. The lowest BCUT2D eigenvalue weighted by Gasteiger charge is -2.32. The number of nitriles is 1. The molecule has 7 heteroatoms. The Bertz CT molecular complexity index is 1310. The molecular weight excluding hydrogens is 407 g/mol. The summed E-state index contributed by atoms with van der Waals surface area (Å²) in [5.74, 6) is 1.46. The van der Waals surface area contributed by atoms with Gasteiger partial charge in [-0.05, 0) is 42.5 Å². The molecule has 1 aliphatic rings. The first-order valence-corrected chi connectivity index (χ1v) is 10.3. The molecule has 1 saturated heterocycles. The molecule has 0 saturated carbocycles. The SMILES string of the molecule is C#CC(=O)N1CCC(Nc2c(C#N)c(=O)n(Cc3ccc(F)cc3)c3ccccc23)CC1. The summed E-state index contributed by atoms with van der Waals surface area (Å²) in [7, 11) is 0. The summed E-state index contributed by atoms with van der Waals surface area (Å²) in [4.78, 5) is 26.6. The Balaban J connectivity index is 1.71. The summed E-state index contributed by atoms with van der Waals surface area (Å²) in [6.45, 7) is 1.26. The number of hydrogen-bond donors (Lipinski definition) is 1. The number of halogens is 1. The van der Waals surface area contributed by atoms with Gasteiger partial charge in [-0.3, -0.25) is 9.59 Å². The van der Waals surface area contributed by atoms with Crippen LogP contribution in [0.4, 0.5) is 10.1 Å². The second kappa shape index (κ2) is 8.95. The lowest BCUT2D eigenvalue weighted by Crippen LogP contribution is -2.42. The van der Waals surface area contributed by atoms with E-state index >= 15 is 0 Å². The predicted molar refractivity (Wildman–Crippen MR) is 120 cm³/mol. The molecule has 1 aromatic heterocycles. The normalized spacial score (nSPS) is 14.0. The molecule has 0 atom stereocenters. The number of carbonyl (C=O) groups excluding carboxylic acids is 1. The van der Waals surface area contributed by atoms with Crippen molar-refractivity contribution in [3.8, 4) is 18.4 Å². The van der Waals surface area contributed by atoms with Gasteiger partial charge in [-0.25, -0.2) is 4.39 Å². The van der Waals surface area contributed by atoms with Crippen LogP contribution in [0.15, 0.2) is 53.3 Å². The van der Waals surface area contributed by atoms with E-state index < -0.39 is 5.56 Å². The van der Waals surface area contributed by atoms with Gasteiger partial charge < -0.3 is 14.8 Å². The topological polar surface area (TPSA) is 78.1 Å². The minimum atomic E-state index is -0.405. The van der Waals surface area contributed by atoms with E-state index in [1.807, 2.05) is 24.3 Å². The van der Waals surface area contributed by atoms with Crippen LogP contribution in [0.1, 0.15) is 24.0 Å². The van der Waals surface area contributed by atoms with E-state index in [9.17, 15) is 19.2 Å². The number of hydrogen-bond acceptors (Lipinski definition) is 4. The van der Waals surface area contributed by atoms with Crippen LogP contribution in [0.25, 0.3) is 10.9 Å². The van der Waals surface area contributed by atoms with Gasteiger partial charge in [0.2, 0.25) is 0 Å². The molecule has 2 aromatic carbocycles. The van der Waals surface area contributed by atoms with Crippen molar-refractivity contribution in [1.82, 2.24) is 9.47 Å². The van der Waals surface area contributed by atoms with Crippen LogP contribution in [-0.4, -0.2) is 34.5 Å². The van der Waals surface area contributed by atoms with E-state index in [2.05, 4.69) is 17.3 Å². The minimum Gasteiger partial charge on any atom is -0.380 e. The fourth-order valence-corrected chi connectivity index (χ4v) is 4.11. The lowest BCUT2D eigenvalue weighted by atomic mass is 10.0. The molecule has 3 aromatic rings. The van der Waals surface area contributed by atoms with E-state index in [-0.39, 0.29) is 29.9 Å². The van der Waals surface area contributed by atoms with Crippen LogP contribution in [0, 0.1) is 29.5 Å². The first kappa shape index (κ1) is 21.1. The summed E-state index contributed by atoms with van der Waals surface area (Å²) in [5.41, 5.74) is 1.58. The average molecular weight is 428 g/mol. The Morgan fingerprint density at radius 1 is 1.16 bits per heavy atom. The number of fused-ring (bicyclic) bond motifs is 1. The highest BCUT2D eigenvalue weighted by atomic mass is 19.1. The van der Waals surface area contributed by atoms with Crippen LogP contribution < -0.4 is 10.9 Å². The van der Waals surface area contributed by atoms with Gasteiger partial charge in [0.25, 0.3) is 11.5 Å². The average Bonchev–Trinajstić information content (AvgIpc) is 2.83. The summed E-state index contributed by atoms with van der Waals surface area (Å²) in [5, 5.41) is 14.0. The smallest absolute Gasteiger partial charge is 0.298 e. The number of likely N-dealkylation sites (tertiary alicyclic amines) is 1. The fraction of sp³-hybridized carbons (Fsp3) is 0.240. The van der Waals surface area contributed by atoms with Crippen LogP contribution in [-0.2, 0) is 11.3 Å². The molecule has 1 amide bonds. The Morgan fingerprint density at radius 2 is 1.84 bits per heavy atom. The van der Waals surface area contributed by atoms with Gasteiger partial charge in [0.05, 0.1) is 17.7 Å². The predicted octanol–water partition coefficient (Wildman–Crippen LogP) is 3.10. The van der Waals surface area contributed by atoms with Crippen molar-refractivity contribution in [2.45, 2.75) is 25.4 Å². The maximum atomic E-state index is 13.3. The number of piperidine rings is 1. The molecule has 0 spiro atoms. The maximum Gasteiger partial charge on any atom is 0.298 e. The molecule has 0 aliphatic carbocycles. The number of nitrogens with one attached hydrogen (secondary N) is 1. The third-order valence-electron chi connectivity index (χ3n) is 5.79. The molecule has 0 radical (unpaired) electrons. The summed E-state index contributed by atoms with van der Waals surface area (Å²) in [6, 6.07) is 15.4. The quantitative estimate of drug-likeness (QED) is 0.648. The molecule has 1 aliphatic heterocycles. The molecule has 160 valence electrons. The number of anilines is 1. The van der Waals surface area contributed by atoms with E-state index in [1.54, 1.807) is 21.6 Å². The summed E-state index contributed by atoms with van der Waals surface area (Å²) < 4.78 is 14.8. The van der Waals surface area contributed by atoms with Crippen LogP contribution in [0.5, 0.6) is 0 Å². The number of aromatic nitrogens is 1. The highest BCUT2D eigenvalue weighted by molar-refractivity contribution is 5.95. The monoisotopic (exact) mass is 428 g/mol. The number of nitrogens with zero attached hydrogens (tertiary/aromatic N) is 3. The van der Waals surface area contributed by atoms with Gasteiger partial charge in [-0.1, -0.05) is 30.3 Å². The highest BCUT2D eigenvalue weighted by Gasteiger charge is 2.24. The van der Waals surface area contributed by atoms with Crippen molar-refractivity contribution in [3.05, 3.63) is 75.8 Å². The van der Waals surface area contributed by atoms with Gasteiger partial charge in [0.15, 0.2) is 0 Å². The Hall–Kier alpha value is -4.10. The zero-order chi connectivity index (χ0) is 22.7. The molecule has 4 rings (SSSR count). The van der Waals surface area contributed by atoms with Crippen LogP contribution in [0.3, 0.4) is 0 Å². The number of carbonyl (C=O) groups is 1. The summed E-state index contributed by atoms with van der Waals surface area (Å²) >= 11 is 0. The van der Waals surface area contributed by atoms with E-state index in [1.165, 1.54) is 12.1 Å². The summed E-state index contributed by atoms with van der Waals surface area (Å²) in [6.07, 6.45) is 6.52. The number of pyridine rings is 1. The lowest BCUT2D eigenvalue weighted by molar-refractivity contribution is -0.126. The van der Waals surface area contributed by atoms with Gasteiger partial charge >= 0.3 is 0 Å². The largest absolute Gasteiger partial charge is 0.380 e. The van der Waals surface area contributed by atoms with Crippen molar-refractivity contribution in [2.75, 3.05) is 18.4 Å². The van der Waals surface area contributed by atoms with E-state index in [0.29, 0.717) is 37.1 Å². The first-order valence-electron chi connectivity index (χ1n) is 10.3. The van der Waals surface area contributed by atoms with Crippen LogP contribution in [0.2, 0.25) is 0 Å².